The molecular weight excluding hydrogens is 500 g/mol. The summed E-state index contributed by atoms with van der Waals surface area (Å²) in [6.07, 6.45) is 2.23. The molecule has 3 amide bonds. The molecule has 36 heavy (non-hydrogen) atoms. The molecule has 3 aliphatic rings. The van der Waals surface area contributed by atoms with Crippen LogP contribution in [-0.4, -0.2) is 97.5 Å². The maximum atomic E-state index is 13.8. The topological polar surface area (TPSA) is 82.2 Å². The molecule has 2 saturated heterocycles. The van der Waals surface area contributed by atoms with Crippen LogP contribution in [0.25, 0.3) is 0 Å². The number of carbonyl (C=O) groups is 3. The van der Waals surface area contributed by atoms with E-state index in [0.717, 1.165) is 25.9 Å². The molecule has 2 fully saturated rings. The predicted octanol–water partition coefficient (Wildman–Crippen LogP) is 2.30. The molecular formula is C26H31ClN4O4S. The first-order valence-electron chi connectivity index (χ1n) is 12.4. The average Bonchev–Trinajstić information content (AvgIpc) is 3.47. The number of morpholine rings is 1. The zero-order chi connectivity index (χ0) is 25.2. The third kappa shape index (κ3) is 5.44. The van der Waals surface area contributed by atoms with E-state index in [-0.39, 0.29) is 30.3 Å². The summed E-state index contributed by atoms with van der Waals surface area (Å²) in [7, 11) is 2.11. The Morgan fingerprint density at radius 1 is 1.03 bits per heavy atom. The summed E-state index contributed by atoms with van der Waals surface area (Å²) < 4.78 is 5.95. The first-order valence-corrected chi connectivity index (χ1v) is 13.6. The van der Waals surface area contributed by atoms with Crippen LogP contribution in [0.1, 0.15) is 37.6 Å². The van der Waals surface area contributed by atoms with Crippen LogP contribution in [0.15, 0.2) is 30.3 Å². The number of thiophene rings is 1. The number of carbonyl (C=O) groups excluding carboxylic acids is 3. The van der Waals surface area contributed by atoms with Crippen molar-refractivity contribution in [2.24, 2.45) is 0 Å². The monoisotopic (exact) mass is 530 g/mol. The number of hydrogen-bond acceptors (Lipinski definition) is 6. The largest absolute Gasteiger partial charge is 0.378 e. The Bertz CT molecular complexity index is 1150. The van der Waals surface area contributed by atoms with Gasteiger partial charge in [0.1, 0.15) is 6.04 Å². The molecule has 0 radical (unpaired) electrons. The van der Waals surface area contributed by atoms with E-state index in [1.54, 1.807) is 21.9 Å². The van der Waals surface area contributed by atoms with Gasteiger partial charge < -0.3 is 24.8 Å². The highest BCUT2D eigenvalue weighted by atomic mass is 35.5. The summed E-state index contributed by atoms with van der Waals surface area (Å²) in [6.45, 7) is 4.23. The lowest BCUT2D eigenvalue weighted by molar-refractivity contribution is -0.139. The minimum absolute atomic E-state index is 0.0843. The van der Waals surface area contributed by atoms with Crippen molar-refractivity contribution in [1.82, 2.24) is 20.0 Å². The van der Waals surface area contributed by atoms with Gasteiger partial charge in [-0.1, -0.05) is 17.7 Å². The van der Waals surface area contributed by atoms with Crippen molar-refractivity contribution in [3.63, 3.8) is 0 Å². The Morgan fingerprint density at radius 2 is 1.78 bits per heavy atom. The number of hydrogen-bond donors (Lipinski definition) is 1. The van der Waals surface area contributed by atoms with Gasteiger partial charge in [-0.2, -0.15) is 0 Å². The molecule has 0 spiro atoms. The van der Waals surface area contributed by atoms with E-state index >= 15 is 0 Å². The normalized spacial score (nSPS) is 22.7. The molecule has 0 saturated carbocycles. The van der Waals surface area contributed by atoms with E-state index in [4.69, 9.17) is 16.3 Å². The number of nitrogens with zero attached hydrogens (tertiary/aromatic N) is 3. The third-order valence-electron chi connectivity index (χ3n) is 7.28. The van der Waals surface area contributed by atoms with Gasteiger partial charge in [0.25, 0.3) is 11.8 Å². The quantitative estimate of drug-likeness (QED) is 0.656. The molecule has 1 aromatic carbocycles. The first kappa shape index (κ1) is 25.2. The average molecular weight is 531 g/mol. The summed E-state index contributed by atoms with van der Waals surface area (Å²) in [5, 5.41) is 3.01. The highest BCUT2D eigenvalue weighted by Crippen LogP contribution is 2.27. The van der Waals surface area contributed by atoms with Crippen molar-refractivity contribution in [3.05, 3.63) is 56.2 Å². The molecule has 192 valence electrons. The SMILES string of the molecule is CN1CCc2ccc(C(=O)N3CC(NC(=O)c4ccc(Cl)s4)CC3C(=O)N3CCOCC3)cc2CC1. The number of rotatable bonds is 4. The number of halogens is 1. The molecule has 2 aromatic rings. The molecule has 10 heteroatoms. The van der Waals surface area contributed by atoms with Crippen LogP contribution in [0.3, 0.4) is 0 Å². The molecule has 4 heterocycles. The van der Waals surface area contributed by atoms with Crippen LogP contribution in [0.4, 0.5) is 0 Å². The second-order valence-electron chi connectivity index (χ2n) is 9.71. The molecule has 0 bridgehead atoms. The maximum Gasteiger partial charge on any atom is 0.261 e. The van der Waals surface area contributed by atoms with Gasteiger partial charge in [-0.25, -0.2) is 0 Å². The number of nitrogens with one attached hydrogen (secondary N) is 1. The van der Waals surface area contributed by atoms with Gasteiger partial charge >= 0.3 is 0 Å². The highest BCUT2D eigenvalue weighted by molar-refractivity contribution is 7.18. The van der Waals surface area contributed by atoms with Gasteiger partial charge in [0.05, 0.1) is 22.4 Å². The maximum absolute atomic E-state index is 13.8. The summed E-state index contributed by atoms with van der Waals surface area (Å²) in [4.78, 5) is 46.3. The molecule has 1 aromatic heterocycles. The van der Waals surface area contributed by atoms with Crippen LogP contribution in [0.5, 0.6) is 0 Å². The van der Waals surface area contributed by atoms with Gasteiger partial charge in [-0.3, -0.25) is 14.4 Å². The lowest BCUT2D eigenvalue weighted by Crippen LogP contribution is -2.51. The molecule has 5 rings (SSSR count). The summed E-state index contributed by atoms with van der Waals surface area (Å²) >= 11 is 7.20. The minimum atomic E-state index is -0.627. The Labute approximate surface area is 220 Å². The fourth-order valence-corrected chi connectivity index (χ4v) is 6.17. The summed E-state index contributed by atoms with van der Waals surface area (Å²) in [5.41, 5.74) is 3.06. The van der Waals surface area contributed by atoms with Crippen LogP contribution in [0.2, 0.25) is 4.34 Å². The number of benzene rings is 1. The van der Waals surface area contributed by atoms with Crippen LogP contribution >= 0.6 is 22.9 Å². The molecule has 8 nitrogen and oxygen atoms in total. The Balaban J connectivity index is 1.37. The fraction of sp³-hybridized carbons (Fsp3) is 0.500. The Morgan fingerprint density at radius 3 is 2.50 bits per heavy atom. The van der Waals surface area contributed by atoms with E-state index in [0.29, 0.717) is 47.5 Å². The molecule has 0 aliphatic carbocycles. The van der Waals surface area contributed by atoms with Gasteiger partial charge in [0.2, 0.25) is 5.91 Å². The number of likely N-dealkylation sites (tertiary alicyclic amines) is 1. The smallest absolute Gasteiger partial charge is 0.261 e. The van der Waals surface area contributed by atoms with E-state index in [1.165, 1.54) is 22.5 Å². The molecule has 2 unspecified atom stereocenters. The van der Waals surface area contributed by atoms with Gasteiger partial charge in [0, 0.05) is 44.3 Å². The number of ether oxygens (including phenoxy) is 1. The van der Waals surface area contributed by atoms with Crippen LogP contribution < -0.4 is 5.32 Å². The van der Waals surface area contributed by atoms with E-state index in [1.807, 2.05) is 12.1 Å². The van der Waals surface area contributed by atoms with E-state index in [9.17, 15) is 14.4 Å². The number of amides is 3. The Hall–Kier alpha value is -2.46. The van der Waals surface area contributed by atoms with Gasteiger partial charge in [0.15, 0.2) is 0 Å². The van der Waals surface area contributed by atoms with Crippen LogP contribution in [-0.2, 0) is 22.4 Å². The second kappa shape index (κ2) is 10.9. The first-order chi connectivity index (χ1) is 17.4. The lowest BCUT2D eigenvalue weighted by atomic mass is 9.99. The zero-order valence-corrected chi connectivity index (χ0v) is 21.9. The summed E-state index contributed by atoms with van der Waals surface area (Å²) in [6, 6.07) is 8.34. The van der Waals surface area contributed by atoms with Crippen molar-refractivity contribution in [1.29, 1.82) is 0 Å². The molecule has 3 aliphatic heterocycles. The lowest BCUT2D eigenvalue weighted by Gasteiger charge is -2.32. The van der Waals surface area contributed by atoms with Gasteiger partial charge in [-0.05, 0) is 61.7 Å². The molecule has 1 N–H and O–H groups in total. The Kier molecular flexibility index (Phi) is 7.62. The van der Waals surface area contributed by atoms with Gasteiger partial charge in [-0.15, -0.1) is 11.3 Å². The third-order valence-corrected chi connectivity index (χ3v) is 8.51. The minimum Gasteiger partial charge on any atom is -0.378 e. The van der Waals surface area contributed by atoms with Crippen LogP contribution in [0, 0.1) is 0 Å². The highest BCUT2D eigenvalue weighted by Gasteiger charge is 2.42. The van der Waals surface area contributed by atoms with E-state index in [2.05, 4.69) is 23.3 Å². The van der Waals surface area contributed by atoms with Crippen molar-refractivity contribution in [3.8, 4) is 0 Å². The van der Waals surface area contributed by atoms with Crippen molar-refractivity contribution in [2.75, 3.05) is 53.0 Å². The zero-order valence-electron chi connectivity index (χ0n) is 20.4. The number of likely N-dealkylation sites (N-methyl/N-ethyl adjacent to an activating group) is 1. The van der Waals surface area contributed by atoms with E-state index < -0.39 is 6.04 Å². The number of fused-ring (bicyclic) bond motifs is 1. The predicted molar refractivity (Wildman–Crippen MR) is 139 cm³/mol. The second-order valence-corrected chi connectivity index (χ2v) is 11.4. The summed E-state index contributed by atoms with van der Waals surface area (Å²) in [5.74, 6) is -0.491. The standard InChI is InChI=1S/C26H31ClN4O4S/c1-29-8-6-17-2-3-19(14-18(17)7-9-29)25(33)31-16-20(28-24(32)22-4-5-23(27)36-22)15-21(31)26(34)30-10-12-35-13-11-30/h2-5,14,20-21H,6-13,15-16H2,1H3,(H,28,32). The van der Waals surface area contributed by atoms with Crippen molar-refractivity contribution >= 4 is 40.7 Å². The fourth-order valence-electron chi connectivity index (χ4n) is 5.22. The molecule has 2 atom stereocenters. The van der Waals surface area contributed by atoms with Crippen molar-refractivity contribution in [2.45, 2.75) is 31.3 Å². The van der Waals surface area contributed by atoms with Crippen molar-refractivity contribution < 1.29 is 19.1 Å².